The van der Waals surface area contributed by atoms with E-state index in [0.29, 0.717) is 30.5 Å². The minimum absolute atomic E-state index is 0. The molecule has 2 aliphatic heterocycles. The Labute approximate surface area is 206 Å². The lowest BCUT2D eigenvalue weighted by Gasteiger charge is -2.32. The van der Waals surface area contributed by atoms with E-state index in [-0.39, 0.29) is 30.0 Å². The Morgan fingerprint density at radius 1 is 1.22 bits per heavy atom. The van der Waals surface area contributed by atoms with Crippen molar-refractivity contribution in [1.82, 2.24) is 34.6 Å². The van der Waals surface area contributed by atoms with E-state index in [9.17, 15) is 8.42 Å². The number of fused-ring (bicyclic) bond motifs is 1. The van der Waals surface area contributed by atoms with Crippen LogP contribution in [-0.2, 0) is 29.5 Å². The first-order valence-corrected chi connectivity index (χ1v) is 12.0. The summed E-state index contributed by atoms with van der Waals surface area (Å²) in [5, 5.41) is 10.9. The zero-order chi connectivity index (χ0) is 21.8. The normalized spacial score (nSPS) is 20.3. The van der Waals surface area contributed by atoms with Crippen LogP contribution in [0.2, 0.25) is 0 Å². The van der Waals surface area contributed by atoms with Crippen LogP contribution in [0.1, 0.15) is 17.8 Å². The van der Waals surface area contributed by atoms with Crippen LogP contribution in [0.15, 0.2) is 40.5 Å². The van der Waals surface area contributed by atoms with E-state index in [1.165, 1.54) is 0 Å². The zero-order valence-corrected chi connectivity index (χ0v) is 21.6. The number of hydrogen-bond acceptors (Lipinski definition) is 6. The molecule has 2 aliphatic rings. The summed E-state index contributed by atoms with van der Waals surface area (Å²) in [5.41, 5.74) is 0.728. The SMILES string of the molecule is CN=C(NCc1ccccc1S(=O)(=O)N1CCN(C)CC1)NC1CCc2ncnn2C1.I. The Kier molecular flexibility index (Phi) is 8.47. The van der Waals surface area contributed by atoms with Gasteiger partial charge in [0.2, 0.25) is 10.0 Å². The number of aliphatic imine (C=N–C) groups is 1. The molecule has 0 saturated carbocycles. The van der Waals surface area contributed by atoms with E-state index in [2.05, 4.69) is 30.6 Å². The first-order chi connectivity index (χ1) is 15.0. The number of guanidine groups is 1. The molecular weight excluding hydrogens is 543 g/mol. The minimum Gasteiger partial charge on any atom is -0.352 e. The lowest BCUT2D eigenvalue weighted by Crippen LogP contribution is -2.48. The van der Waals surface area contributed by atoms with Crippen LogP contribution in [0.25, 0.3) is 0 Å². The number of likely N-dealkylation sites (N-methyl/N-ethyl adjacent to an activating group) is 1. The Hall–Kier alpha value is -1.77. The highest BCUT2D eigenvalue weighted by Crippen LogP contribution is 2.21. The monoisotopic (exact) mass is 574 g/mol. The molecule has 10 nitrogen and oxygen atoms in total. The van der Waals surface area contributed by atoms with E-state index in [4.69, 9.17) is 0 Å². The molecule has 3 heterocycles. The molecule has 1 aromatic heterocycles. The molecule has 2 aromatic rings. The lowest BCUT2D eigenvalue weighted by atomic mass is 10.1. The fraction of sp³-hybridized carbons (Fsp3) is 0.550. The molecule has 2 N–H and O–H groups in total. The van der Waals surface area contributed by atoms with Crippen molar-refractivity contribution in [2.75, 3.05) is 40.3 Å². The first-order valence-electron chi connectivity index (χ1n) is 10.6. The van der Waals surface area contributed by atoms with Gasteiger partial charge < -0.3 is 15.5 Å². The second-order valence-electron chi connectivity index (χ2n) is 7.98. The van der Waals surface area contributed by atoms with Crippen molar-refractivity contribution in [3.05, 3.63) is 42.0 Å². The number of aryl methyl sites for hydroxylation is 1. The van der Waals surface area contributed by atoms with Gasteiger partial charge >= 0.3 is 0 Å². The Bertz CT molecular complexity index is 1030. The maximum Gasteiger partial charge on any atom is 0.243 e. The summed E-state index contributed by atoms with van der Waals surface area (Å²) in [6, 6.07) is 7.37. The number of hydrogen-bond donors (Lipinski definition) is 2. The summed E-state index contributed by atoms with van der Waals surface area (Å²) in [7, 11) is 0.187. The lowest BCUT2D eigenvalue weighted by molar-refractivity contribution is 0.222. The molecule has 32 heavy (non-hydrogen) atoms. The molecular formula is C20H31IN8O2S. The molecule has 0 radical (unpaired) electrons. The molecule has 0 aliphatic carbocycles. The summed E-state index contributed by atoms with van der Waals surface area (Å²) < 4.78 is 30.0. The first kappa shape index (κ1) is 24.9. The summed E-state index contributed by atoms with van der Waals surface area (Å²) in [6.07, 6.45) is 3.39. The third-order valence-electron chi connectivity index (χ3n) is 5.87. The van der Waals surface area contributed by atoms with Crippen LogP contribution in [0, 0.1) is 0 Å². The molecule has 1 unspecified atom stereocenters. The average Bonchev–Trinajstić information content (AvgIpc) is 3.25. The van der Waals surface area contributed by atoms with Crippen molar-refractivity contribution in [3.8, 4) is 0 Å². The van der Waals surface area contributed by atoms with E-state index in [1.807, 2.05) is 23.9 Å². The third kappa shape index (κ3) is 5.58. The topological polar surface area (TPSA) is 108 Å². The molecule has 12 heteroatoms. The smallest absolute Gasteiger partial charge is 0.243 e. The number of halogens is 1. The van der Waals surface area contributed by atoms with Crippen LogP contribution in [0.4, 0.5) is 0 Å². The minimum atomic E-state index is -3.54. The predicted molar refractivity (Wildman–Crippen MR) is 134 cm³/mol. The summed E-state index contributed by atoms with van der Waals surface area (Å²) in [4.78, 5) is 11.1. The number of piperazine rings is 1. The van der Waals surface area contributed by atoms with Crippen LogP contribution < -0.4 is 10.6 Å². The average molecular weight is 574 g/mol. The van der Waals surface area contributed by atoms with E-state index < -0.39 is 10.0 Å². The van der Waals surface area contributed by atoms with Crippen molar-refractivity contribution in [3.63, 3.8) is 0 Å². The van der Waals surface area contributed by atoms with Gasteiger partial charge in [0, 0.05) is 52.2 Å². The number of benzene rings is 1. The van der Waals surface area contributed by atoms with Crippen molar-refractivity contribution < 1.29 is 8.42 Å². The zero-order valence-electron chi connectivity index (χ0n) is 18.4. The molecule has 1 fully saturated rings. The Morgan fingerprint density at radius 2 is 1.97 bits per heavy atom. The van der Waals surface area contributed by atoms with E-state index in [1.54, 1.807) is 29.8 Å². The maximum atomic E-state index is 13.3. The predicted octanol–water partition coefficient (Wildman–Crippen LogP) is 0.512. The number of nitrogens with zero attached hydrogens (tertiary/aromatic N) is 6. The van der Waals surface area contributed by atoms with Crippen LogP contribution in [0.3, 0.4) is 0 Å². The third-order valence-corrected chi connectivity index (χ3v) is 7.87. The van der Waals surface area contributed by atoms with Crippen molar-refractivity contribution in [2.45, 2.75) is 36.9 Å². The second-order valence-corrected chi connectivity index (χ2v) is 9.89. The standard InChI is InChI=1S/C20H30N8O2S.HI/c1-21-20(25-17-7-8-19-23-15-24-28(19)14-17)22-13-16-5-3-4-6-18(16)31(29,30)27-11-9-26(2)10-12-27;/h3-6,15,17H,7-14H2,1-2H3,(H2,21,22,25);1H. The van der Waals surface area contributed by atoms with Gasteiger partial charge in [-0.1, -0.05) is 18.2 Å². The van der Waals surface area contributed by atoms with Crippen LogP contribution in [0.5, 0.6) is 0 Å². The highest BCUT2D eigenvalue weighted by atomic mass is 127. The number of nitrogens with one attached hydrogen (secondary N) is 2. The maximum absolute atomic E-state index is 13.3. The van der Waals surface area contributed by atoms with Crippen LogP contribution in [-0.4, -0.2) is 84.7 Å². The summed E-state index contributed by atoms with van der Waals surface area (Å²) in [5.74, 6) is 1.64. The van der Waals surface area contributed by atoms with Crippen molar-refractivity contribution in [2.24, 2.45) is 4.99 Å². The number of aromatic nitrogens is 3. The molecule has 1 atom stereocenters. The van der Waals surface area contributed by atoms with Crippen LogP contribution >= 0.6 is 24.0 Å². The van der Waals surface area contributed by atoms with Gasteiger partial charge in [-0.2, -0.15) is 9.40 Å². The molecule has 176 valence electrons. The van der Waals surface area contributed by atoms with E-state index in [0.717, 1.165) is 43.9 Å². The van der Waals surface area contributed by atoms with Gasteiger partial charge in [0.15, 0.2) is 5.96 Å². The fourth-order valence-electron chi connectivity index (χ4n) is 3.99. The fourth-order valence-corrected chi connectivity index (χ4v) is 5.64. The van der Waals surface area contributed by atoms with Crippen molar-refractivity contribution in [1.29, 1.82) is 0 Å². The molecule has 0 spiro atoms. The molecule has 0 bridgehead atoms. The van der Waals surface area contributed by atoms with Gasteiger partial charge in [-0.05, 0) is 25.1 Å². The molecule has 0 amide bonds. The van der Waals surface area contributed by atoms with Gasteiger partial charge in [0.25, 0.3) is 0 Å². The highest BCUT2D eigenvalue weighted by Gasteiger charge is 2.29. The number of sulfonamides is 1. The van der Waals surface area contributed by atoms with Gasteiger partial charge in [0.05, 0.1) is 11.4 Å². The molecule has 1 aromatic carbocycles. The summed E-state index contributed by atoms with van der Waals surface area (Å²) >= 11 is 0. The van der Waals surface area contributed by atoms with Gasteiger partial charge in [-0.15, -0.1) is 24.0 Å². The highest BCUT2D eigenvalue weighted by molar-refractivity contribution is 14.0. The second kappa shape index (κ2) is 10.9. The summed E-state index contributed by atoms with van der Waals surface area (Å²) in [6.45, 7) is 3.59. The largest absolute Gasteiger partial charge is 0.352 e. The van der Waals surface area contributed by atoms with Gasteiger partial charge in [-0.25, -0.2) is 18.1 Å². The van der Waals surface area contributed by atoms with Gasteiger partial charge in [0.1, 0.15) is 12.2 Å². The quantitative estimate of drug-likeness (QED) is 0.305. The van der Waals surface area contributed by atoms with Crippen molar-refractivity contribution >= 4 is 40.0 Å². The Balaban J connectivity index is 0.00000289. The molecule has 4 rings (SSSR count). The Morgan fingerprint density at radius 3 is 2.72 bits per heavy atom. The van der Waals surface area contributed by atoms with Gasteiger partial charge in [-0.3, -0.25) is 4.99 Å². The van der Waals surface area contributed by atoms with E-state index >= 15 is 0 Å². The molecule has 1 saturated heterocycles. The number of rotatable bonds is 5.